The van der Waals surface area contributed by atoms with Gasteiger partial charge in [-0.1, -0.05) is 72.0 Å². The Labute approximate surface area is 430 Å². The van der Waals surface area contributed by atoms with Crippen molar-refractivity contribution in [2.75, 3.05) is 47.8 Å². The van der Waals surface area contributed by atoms with Crippen molar-refractivity contribution in [2.45, 2.75) is 57.9 Å². The number of para-hydroxylation sites is 2. The zero-order valence-electron chi connectivity index (χ0n) is 41.0. The topological polar surface area (TPSA) is 192 Å². The highest BCUT2D eigenvalue weighted by Gasteiger charge is 2.33. The Morgan fingerprint density at radius 3 is 2.42 bits per heavy atom. The number of carbonyl (C=O) groups excluding carboxylic acids is 4. The number of hydrogen-bond donors (Lipinski definition) is 3. The highest BCUT2D eigenvalue weighted by Crippen LogP contribution is 2.38. The Morgan fingerprint density at radius 1 is 0.824 bits per heavy atom. The number of pyridine rings is 1. The van der Waals surface area contributed by atoms with Crippen molar-refractivity contribution in [1.29, 1.82) is 0 Å². The fourth-order valence-electron chi connectivity index (χ4n) is 10.6. The van der Waals surface area contributed by atoms with E-state index in [1.54, 1.807) is 6.07 Å². The van der Waals surface area contributed by atoms with Gasteiger partial charge in [-0.25, -0.2) is 14.8 Å². The summed E-state index contributed by atoms with van der Waals surface area (Å²) in [5.74, 6) is -0.588. The Balaban J connectivity index is 0.694. The predicted octanol–water partition coefficient (Wildman–Crippen LogP) is 9.05. The Morgan fingerprint density at radius 2 is 1.62 bits per heavy atom. The third kappa shape index (κ3) is 9.53. The number of aromatic nitrogens is 4. The molecule has 0 bridgehead atoms. The number of carboxylic acid groups (broad SMARTS) is 1. The molecule has 6 heterocycles. The number of amides is 4. The van der Waals surface area contributed by atoms with Gasteiger partial charge >= 0.3 is 5.97 Å². The molecule has 1 unspecified atom stereocenters. The SMILES string of the molecule is Cc1c(Oc2ccc(CCCC(=O)N3CCN(c4cccc5c(C6CCC(=O)NC6=O)nn(C)c45)CC3)cc2)cccc1-c1ccc(N2CCc3cccc(C(=O)Nc4nc5ccccc5s4)c3C2)nc1C(=O)O. The van der Waals surface area contributed by atoms with Gasteiger partial charge < -0.3 is 24.5 Å². The van der Waals surface area contributed by atoms with E-state index in [1.807, 2.05) is 132 Å². The number of carbonyl (C=O) groups is 5. The maximum atomic E-state index is 13.7. The van der Waals surface area contributed by atoms with Crippen LogP contribution in [-0.4, -0.2) is 92.1 Å². The molecular formula is C57H53N9O7S. The fourth-order valence-corrected chi connectivity index (χ4v) is 11.4. The molecule has 11 rings (SSSR count). The van der Waals surface area contributed by atoms with Gasteiger partial charge in [-0.2, -0.15) is 5.10 Å². The van der Waals surface area contributed by atoms with Gasteiger partial charge in [-0.15, -0.1) is 0 Å². The monoisotopic (exact) mass is 1010 g/mol. The number of imide groups is 1. The van der Waals surface area contributed by atoms with Crippen LogP contribution in [0.1, 0.15) is 80.4 Å². The van der Waals surface area contributed by atoms with Crippen molar-refractivity contribution >= 4 is 78.7 Å². The molecule has 3 N–H and O–H groups in total. The number of piperidine rings is 1. The summed E-state index contributed by atoms with van der Waals surface area (Å²) in [4.78, 5) is 79.9. The zero-order chi connectivity index (χ0) is 51.0. The van der Waals surface area contributed by atoms with Crippen LogP contribution in [0.5, 0.6) is 11.5 Å². The summed E-state index contributed by atoms with van der Waals surface area (Å²) in [5.41, 5.74) is 8.84. The normalized spacial score (nSPS) is 15.8. The predicted molar refractivity (Wildman–Crippen MR) is 284 cm³/mol. The Hall–Kier alpha value is -8.44. The molecule has 4 amide bonds. The third-order valence-electron chi connectivity index (χ3n) is 14.4. The number of hydrogen-bond acceptors (Lipinski definition) is 12. The quantitative estimate of drug-likeness (QED) is 0.0930. The van der Waals surface area contributed by atoms with Crippen molar-refractivity contribution < 1.29 is 33.8 Å². The summed E-state index contributed by atoms with van der Waals surface area (Å²) in [7, 11) is 1.88. The number of aryl methyl sites for hydroxylation is 2. The van der Waals surface area contributed by atoms with Gasteiger partial charge in [0.2, 0.25) is 17.7 Å². The maximum absolute atomic E-state index is 13.7. The molecule has 0 radical (unpaired) electrons. The highest BCUT2D eigenvalue weighted by atomic mass is 32.1. The average Bonchev–Trinajstić information content (AvgIpc) is 3.99. The van der Waals surface area contributed by atoms with Gasteiger partial charge in [0.25, 0.3) is 5.91 Å². The van der Waals surface area contributed by atoms with Gasteiger partial charge in [-0.05, 0) is 115 Å². The van der Waals surface area contributed by atoms with E-state index >= 15 is 0 Å². The number of thiazole rings is 1. The molecule has 1 atom stereocenters. The van der Waals surface area contributed by atoms with Crippen LogP contribution >= 0.6 is 11.3 Å². The Kier molecular flexibility index (Phi) is 13.1. The third-order valence-corrected chi connectivity index (χ3v) is 15.4. The number of nitrogens with zero attached hydrogens (tertiary/aromatic N) is 7. The number of rotatable bonds is 13. The molecule has 8 aromatic rings. The lowest BCUT2D eigenvalue weighted by Crippen LogP contribution is -2.48. The van der Waals surface area contributed by atoms with E-state index in [2.05, 4.69) is 26.6 Å². The fraction of sp³-hybridized carbons (Fsp3) is 0.263. The molecule has 17 heteroatoms. The minimum atomic E-state index is -1.15. The number of fused-ring (bicyclic) bond motifs is 3. The molecular weight excluding hydrogens is 955 g/mol. The largest absolute Gasteiger partial charge is 0.476 e. The first-order valence-electron chi connectivity index (χ1n) is 24.9. The van der Waals surface area contributed by atoms with Gasteiger partial charge in [0, 0.05) is 75.7 Å². The van der Waals surface area contributed by atoms with Crippen molar-refractivity contribution in [2.24, 2.45) is 7.05 Å². The van der Waals surface area contributed by atoms with Crippen LogP contribution in [-0.2, 0) is 40.8 Å². The molecule has 2 saturated heterocycles. The van der Waals surface area contributed by atoms with E-state index in [1.165, 1.54) is 11.3 Å². The summed E-state index contributed by atoms with van der Waals surface area (Å²) < 4.78 is 9.19. The van der Waals surface area contributed by atoms with E-state index in [9.17, 15) is 29.1 Å². The molecule has 374 valence electrons. The second-order valence-electron chi connectivity index (χ2n) is 19.0. The highest BCUT2D eigenvalue weighted by molar-refractivity contribution is 7.22. The zero-order valence-corrected chi connectivity index (χ0v) is 41.8. The number of ether oxygens (including phenoxy) is 1. The van der Waals surface area contributed by atoms with E-state index in [-0.39, 0.29) is 35.7 Å². The summed E-state index contributed by atoms with van der Waals surface area (Å²) in [5, 5.41) is 22.1. The van der Waals surface area contributed by atoms with Gasteiger partial charge in [-0.3, -0.25) is 34.5 Å². The lowest BCUT2D eigenvalue weighted by atomic mass is 9.92. The molecule has 5 aromatic carbocycles. The molecule has 3 aromatic heterocycles. The number of aromatic carboxylic acids is 1. The molecule has 0 aliphatic carbocycles. The average molecular weight is 1010 g/mol. The lowest BCUT2D eigenvalue weighted by molar-refractivity contribution is -0.134. The maximum Gasteiger partial charge on any atom is 0.355 e. The number of piperazine rings is 1. The van der Waals surface area contributed by atoms with Crippen molar-refractivity contribution in [1.82, 2.24) is 30.0 Å². The summed E-state index contributed by atoms with van der Waals surface area (Å²) >= 11 is 1.42. The summed E-state index contributed by atoms with van der Waals surface area (Å²) in [6.45, 7) is 5.43. The first kappa shape index (κ1) is 47.9. The van der Waals surface area contributed by atoms with Crippen LogP contribution in [0, 0.1) is 6.92 Å². The first-order valence-corrected chi connectivity index (χ1v) is 25.7. The molecule has 3 aliphatic heterocycles. The number of nitrogens with one attached hydrogen (secondary N) is 2. The molecule has 0 saturated carbocycles. The van der Waals surface area contributed by atoms with Crippen LogP contribution < -0.4 is 25.2 Å². The minimum absolute atomic E-state index is 0.0809. The van der Waals surface area contributed by atoms with Crippen LogP contribution in [0.4, 0.5) is 16.6 Å². The van der Waals surface area contributed by atoms with Gasteiger partial charge in [0.15, 0.2) is 10.8 Å². The molecule has 3 aliphatic rings. The summed E-state index contributed by atoms with van der Waals surface area (Å²) in [6, 6.07) is 36.5. The lowest BCUT2D eigenvalue weighted by Gasteiger charge is -2.36. The minimum Gasteiger partial charge on any atom is -0.476 e. The number of benzene rings is 5. The summed E-state index contributed by atoms with van der Waals surface area (Å²) in [6.07, 6.45) is 3.25. The first-order chi connectivity index (χ1) is 35.9. The van der Waals surface area contributed by atoms with E-state index < -0.39 is 11.9 Å². The molecule has 16 nitrogen and oxygen atoms in total. The van der Waals surface area contributed by atoms with Gasteiger partial charge in [0.05, 0.1) is 33.0 Å². The van der Waals surface area contributed by atoms with Crippen LogP contribution in [0.25, 0.3) is 32.2 Å². The smallest absolute Gasteiger partial charge is 0.355 e. The van der Waals surface area contributed by atoms with E-state index in [4.69, 9.17) is 14.8 Å². The number of anilines is 3. The number of carboxylic acids is 1. The standard InChI is InChI=1S/C57H53N9O7S/c1-34-38(39-23-25-48(59-52(39)56(71)72)66-28-27-36-10-6-12-40(43(36)33-66)54(69)61-57-58-44-14-3-4-17-47(44)74-57)11-8-16-46(34)73-37-21-19-35(20-22-37)9-5-18-50(68)65-31-29-64(30-32-65)45-15-7-13-41-51(62-63(2)53(41)45)42-24-26-49(67)60-55(42)70/h3-4,6-8,10-17,19-23,25,42H,5,9,18,24,26-33H2,1-2H3,(H,71,72)(H,58,61,69)(H,60,67,70). The van der Waals surface area contributed by atoms with Crippen LogP contribution in [0.15, 0.2) is 115 Å². The van der Waals surface area contributed by atoms with Crippen LogP contribution in [0.3, 0.4) is 0 Å². The molecule has 0 spiro atoms. The van der Waals surface area contributed by atoms with Crippen molar-refractivity contribution in [3.63, 3.8) is 0 Å². The van der Waals surface area contributed by atoms with Crippen LogP contribution in [0.2, 0.25) is 0 Å². The van der Waals surface area contributed by atoms with Gasteiger partial charge in [0.1, 0.15) is 17.3 Å². The van der Waals surface area contributed by atoms with Crippen molar-refractivity contribution in [3.8, 4) is 22.6 Å². The van der Waals surface area contributed by atoms with E-state index in [0.717, 1.165) is 55.5 Å². The second kappa shape index (κ2) is 20.2. The second-order valence-corrected chi connectivity index (χ2v) is 20.0. The van der Waals surface area contributed by atoms with Crippen molar-refractivity contribution in [3.05, 3.63) is 154 Å². The Bertz CT molecular complexity index is 3490. The molecule has 74 heavy (non-hydrogen) atoms. The van der Waals surface area contributed by atoms with E-state index in [0.29, 0.717) is 110 Å². The molecule has 2 fully saturated rings.